The van der Waals surface area contributed by atoms with Crippen molar-refractivity contribution in [1.29, 1.82) is 0 Å². The summed E-state index contributed by atoms with van der Waals surface area (Å²) >= 11 is 0. The van der Waals surface area contributed by atoms with Crippen molar-refractivity contribution < 1.29 is 9.90 Å². The highest BCUT2D eigenvalue weighted by Crippen LogP contribution is 2.10. The molecule has 2 heterocycles. The van der Waals surface area contributed by atoms with Gasteiger partial charge in [0.25, 0.3) is 0 Å². The topological polar surface area (TPSA) is 97.9 Å². The van der Waals surface area contributed by atoms with Crippen LogP contribution in [0.2, 0.25) is 0 Å². The van der Waals surface area contributed by atoms with Crippen LogP contribution in [0.5, 0.6) is 0 Å². The molecular weight excluding hydrogens is 270 g/mol. The molecule has 3 aromatic rings. The Morgan fingerprint density at radius 3 is 2.71 bits per heavy atom. The van der Waals surface area contributed by atoms with Gasteiger partial charge in [0.05, 0.1) is 6.20 Å². The maximum atomic E-state index is 10.5. The Kier molecular flexibility index (Phi) is 3.15. The predicted octanol–water partition coefficient (Wildman–Crippen LogP) is 1.57. The number of aliphatic imine (C=N–C) groups is 1. The molecule has 106 valence electrons. The van der Waals surface area contributed by atoms with Gasteiger partial charge in [-0.05, 0) is 5.56 Å². The van der Waals surface area contributed by atoms with E-state index in [4.69, 9.17) is 10.8 Å². The zero-order valence-corrected chi connectivity index (χ0v) is 11.0. The van der Waals surface area contributed by atoms with Gasteiger partial charge in [0.1, 0.15) is 11.5 Å². The van der Waals surface area contributed by atoms with E-state index in [2.05, 4.69) is 14.7 Å². The van der Waals surface area contributed by atoms with Crippen molar-refractivity contribution in [3.63, 3.8) is 0 Å². The Labute approximate surface area is 119 Å². The molecule has 0 unspecified atom stereocenters. The molecule has 2 aromatic heterocycles. The van der Waals surface area contributed by atoms with Crippen LogP contribution < -0.4 is 5.73 Å². The van der Waals surface area contributed by atoms with Crippen LogP contribution in [0.1, 0.15) is 11.1 Å². The highest BCUT2D eigenvalue weighted by atomic mass is 16.4. The Morgan fingerprint density at radius 2 is 2.00 bits per heavy atom. The van der Waals surface area contributed by atoms with Crippen LogP contribution in [0.25, 0.3) is 5.65 Å². The minimum atomic E-state index is -1.30. The lowest BCUT2D eigenvalue weighted by Gasteiger charge is -2.05. The van der Waals surface area contributed by atoms with Gasteiger partial charge in [-0.25, -0.2) is 9.31 Å². The third kappa shape index (κ3) is 2.62. The molecular formula is C14H13N5O2. The summed E-state index contributed by atoms with van der Waals surface area (Å²) in [7, 11) is 0. The molecule has 0 fully saturated rings. The lowest BCUT2D eigenvalue weighted by molar-refractivity contribution is 0.205. The smallest absolute Gasteiger partial charge is 0.433 e. The van der Waals surface area contributed by atoms with E-state index in [0.29, 0.717) is 12.1 Å². The fourth-order valence-electron chi connectivity index (χ4n) is 2.15. The number of hydrogen-bond donors (Lipinski definition) is 2. The summed E-state index contributed by atoms with van der Waals surface area (Å²) in [5, 5.41) is 12.7. The van der Waals surface area contributed by atoms with Crippen molar-refractivity contribution in [2.45, 2.75) is 6.54 Å². The normalized spacial score (nSPS) is 11.9. The van der Waals surface area contributed by atoms with Crippen LogP contribution in [-0.4, -0.2) is 31.2 Å². The number of amides is 1. The van der Waals surface area contributed by atoms with E-state index in [0.717, 1.165) is 11.2 Å². The largest absolute Gasteiger partial charge is 0.463 e. The molecule has 7 heteroatoms. The number of carboxylic acid groups (broad SMARTS) is 1. The van der Waals surface area contributed by atoms with Crippen LogP contribution in [-0.2, 0) is 6.54 Å². The molecule has 0 atom stereocenters. The summed E-state index contributed by atoms with van der Waals surface area (Å²) in [6, 6.07) is 9.24. The molecule has 3 rings (SSSR count). The van der Waals surface area contributed by atoms with E-state index in [1.165, 1.54) is 0 Å². The van der Waals surface area contributed by atoms with Gasteiger partial charge in [-0.2, -0.15) is 10.1 Å². The first-order chi connectivity index (χ1) is 10.1. The lowest BCUT2D eigenvalue weighted by Crippen LogP contribution is -2.15. The first-order valence-corrected chi connectivity index (χ1v) is 6.28. The quantitative estimate of drug-likeness (QED) is 0.563. The lowest BCUT2D eigenvalue weighted by atomic mass is 10.1. The van der Waals surface area contributed by atoms with Gasteiger partial charge in [0.15, 0.2) is 0 Å². The fraction of sp³-hybridized carbons (Fsp3) is 0.0714. The van der Waals surface area contributed by atoms with Gasteiger partial charge in [-0.1, -0.05) is 24.3 Å². The van der Waals surface area contributed by atoms with Crippen LogP contribution in [0.3, 0.4) is 0 Å². The molecule has 21 heavy (non-hydrogen) atoms. The number of aromatic nitrogens is 3. The van der Waals surface area contributed by atoms with E-state index in [9.17, 15) is 4.79 Å². The molecule has 0 spiro atoms. The average molecular weight is 283 g/mol. The van der Waals surface area contributed by atoms with Crippen LogP contribution in [0.15, 0.2) is 53.9 Å². The molecule has 0 radical (unpaired) electrons. The van der Waals surface area contributed by atoms with Crippen molar-refractivity contribution in [2.24, 2.45) is 10.7 Å². The predicted molar refractivity (Wildman–Crippen MR) is 77.5 cm³/mol. The van der Waals surface area contributed by atoms with Gasteiger partial charge in [-0.15, -0.1) is 0 Å². The monoisotopic (exact) mass is 283 g/mol. The highest BCUT2D eigenvalue weighted by molar-refractivity contribution is 6.02. The van der Waals surface area contributed by atoms with Gasteiger partial charge in [0.2, 0.25) is 0 Å². The van der Waals surface area contributed by atoms with Gasteiger partial charge in [0, 0.05) is 30.6 Å². The van der Waals surface area contributed by atoms with E-state index >= 15 is 0 Å². The molecule has 7 nitrogen and oxygen atoms in total. The number of carbonyl (C=O) groups is 1. The second-order valence-corrected chi connectivity index (χ2v) is 4.54. The van der Waals surface area contributed by atoms with Crippen molar-refractivity contribution in [3.8, 4) is 0 Å². The van der Waals surface area contributed by atoms with E-state index in [1.807, 2.05) is 30.6 Å². The zero-order valence-electron chi connectivity index (χ0n) is 11.0. The number of fused-ring (bicyclic) bond motifs is 1. The summed E-state index contributed by atoms with van der Waals surface area (Å²) in [5.41, 5.74) is 8.26. The third-order valence-corrected chi connectivity index (χ3v) is 3.15. The number of hydrogen-bond acceptors (Lipinski definition) is 2. The van der Waals surface area contributed by atoms with Crippen LogP contribution in [0, 0.1) is 0 Å². The Balaban J connectivity index is 1.82. The maximum Gasteiger partial charge on any atom is 0.433 e. The van der Waals surface area contributed by atoms with Crippen molar-refractivity contribution in [1.82, 2.24) is 14.2 Å². The second kappa shape index (κ2) is 5.12. The summed E-state index contributed by atoms with van der Waals surface area (Å²) in [5.74, 6) is -0.00630. The molecule has 1 amide bonds. The molecule has 1 aromatic carbocycles. The second-order valence-electron chi connectivity index (χ2n) is 4.54. The maximum absolute atomic E-state index is 10.5. The highest BCUT2D eigenvalue weighted by Gasteiger charge is 2.04. The Morgan fingerprint density at radius 1 is 1.24 bits per heavy atom. The van der Waals surface area contributed by atoms with Gasteiger partial charge < -0.3 is 15.4 Å². The number of nitrogens with zero attached hydrogens (tertiary/aromatic N) is 4. The summed E-state index contributed by atoms with van der Waals surface area (Å²) < 4.78 is 3.86. The number of nitrogens with two attached hydrogens (primary N) is 1. The molecule has 3 N–H and O–H groups in total. The van der Waals surface area contributed by atoms with Gasteiger partial charge >= 0.3 is 6.09 Å². The molecule has 0 aliphatic rings. The van der Waals surface area contributed by atoms with Crippen LogP contribution >= 0.6 is 0 Å². The van der Waals surface area contributed by atoms with Gasteiger partial charge in [-0.3, -0.25) is 0 Å². The SMILES string of the molecule is NC(=NC(=O)O)c1ccc(Cn2ccn3nccc23)cc1. The molecule has 0 saturated carbocycles. The zero-order chi connectivity index (χ0) is 14.8. The first-order valence-electron chi connectivity index (χ1n) is 6.28. The summed E-state index contributed by atoms with van der Waals surface area (Å²) in [6.07, 6.45) is 4.29. The van der Waals surface area contributed by atoms with Crippen LogP contribution in [0.4, 0.5) is 4.79 Å². The van der Waals surface area contributed by atoms with E-state index in [1.54, 1.807) is 22.8 Å². The standard InChI is InChI=1S/C14H13N5O2/c15-13(17-14(20)21)11-3-1-10(2-4-11)9-18-7-8-19-12(18)5-6-16-19/h1-8H,9H2,(H2,15,17)(H,20,21). The van der Waals surface area contributed by atoms with E-state index < -0.39 is 6.09 Å². The first kappa shape index (κ1) is 12.9. The Hall–Kier alpha value is -3.09. The third-order valence-electron chi connectivity index (χ3n) is 3.15. The Bertz CT molecular complexity index is 813. The number of amidine groups is 1. The van der Waals surface area contributed by atoms with Crippen molar-refractivity contribution in [3.05, 3.63) is 60.0 Å². The number of rotatable bonds is 3. The summed E-state index contributed by atoms with van der Waals surface area (Å²) in [4.78, 5) is 13.8. The molecule has 0 aliphatic carbocycles. The number of benzene rings is 1. The molecule has 0 aliphatic heterocycles. The average Bonchev–Trinajstić information content (AvgIpc) is 3.04. The summed E-state index contributed by atoms with van der Waals surface area (Å²) in [6.45, 7) is 0.693. The number of imidazole rings is 1. The molecule has 0 bridgehead atoms. The molecule has 0 saturated heterocycles. The van der Waals surface area contributed by atoms with Crippen molar-refractivity contribution >= 4 is 17.6 Å². The minimum absolute atomic E-state index is 0.00630. The van der Waals surface area contributed by atoms with E-state index in [-0.39, 0.29) is 5.84 Å². The minimum Gasteiger partial charge on any atom is -0.463 e. The van der Waals surface area contributed by atoms with Crippen molar-refractivity contribution in [2.75, 3.05) is 0 Å². The fourth-order valence-corrected chi connectivity index (χ4v) is 2.15.